The lowest BCUT2D eigenvalue weighted by Gasteiger charge is -2.21. The molecule has 0 saturated carbocycles. The normalized spacial score (nSPS) is 12.4. The number of fused-ring (bicyclic) bond motifs is 1. The van der Waals surface area contributed by atoms with E-state index in [-0.39, 0.29) is 16.4 Å². The molecule has 192 valence electrons. The van der Waals surface area contributed by atoms with Crippen LogP contribution in [0.15, 0.2) is 88.7 Å². The number of nitrogens with zero attached hydrogens (tertiary/aromatic N) is 4. The van der Waals surface area contributed by atoms with Gasteiger partial charge >= 0.3 is 0 Å². The summed E-state index contributed by atoms with van der Waals surface area (Å²) in [7, 11) is -3.35. The summed E-state index contributed by atoms with van der Waals surface area (Å²) in [5.74, 6) is 0.888. The fraction of sp³-hybridized carbons (Fsp3) is 0.111. The molecule has 0 spiro atoms. The van der Waals surface area contributed by atoms with E-state index in [0.717, 1.165) is 6.26 Å². The Hall–Kier alpha value is -4.28. The van der Waals surface area contributed by atoms with Crippen LogP contribution < -0.4 is 16.6 Å². The van der Waals surface area contributed by atoms with Gasteiger partial charge in [0.1, 0.15) is 11.6 Å². The van der Waals surface area contributed by atoms with Gasteiger partial charge in [0.05, 0.1) is 32.6 Å². The molecular formula is C27H23ClN6O3S. The van der Waals surface area contributed by atoms with E-state index in [9.17, 15) is 13.2 Å². The first-order chi connectivity index (χ1) is 18.1. The first-order valence-electron chi connectivity index (χ1n) is 11.6. The largest absolute Gasteiger partial charge is 0.368 e. The Bertz CT molecular complexity index is 1820. The van der Waals surface area contributed by atoms with Crippen molar-refractivity contribution in [1.82, 2.24) is 19.5 Å². The number of sulfone groups is 1. The maximum atomic E-state index is 13.7. The Morgan fingerprint density at radius 2 is 1.68 bits per heavy atom. The minimum Gasteiger partial charge on any atom is -0.368 e. The molecule has 11 heteroatoms. The number of halogens is 1. The lowest BCUT2D eigenvalue weighted by molar-refractivity contribution is 0.602. The zero-order valence-corrected chi connectivity index (χ0v) is 22.0. The first-order valence-corrected chi connectivity index (χ1v) is 13.9. The molecule has 0 aliphatic rings. The van der Waals surface area contributed by atoms with Crippen LogP contribution in [-0.4, -0.2) is 34.2 Å². The number of benzene rings is 3. The summed E-state index contributed by atoms with van der Waals surface area (Å²) in [4.78, 5) is 27.2. The van der Waals surface area contributed by atoms with Gasteiger partial charge < -0.3 is 11.1 Å². The Balaban J connectivity index is 1.63. The first kappa shape index (κ1) is 25.4. The van der Waals surface area contributed by atoms with E-state index in [0.29, 0.717) is 44.4 Å². The van der Waals surface area contributed by atoms with Gasteiger partial charge in [0.2, 0.25) is 5.95 Å². The van der Waals surface area contributed by atoms with Gasteiger partial charge in [-0.1, -0.05) is 48.0 Å². The van der Waals surface area contributed by atoms with Gasteiger partial charge in [0.15, 0.2) is 9.84 Å². The van der Waals surface area contributed by atoms with Crippen LogP contribution in [0.3, 0.4) is 0 Å². The number of anilines is 2. The van der Waals surface area contributed by atoms with Crippen molar-refractivity contribution in [2.45, 2.75) is 17.9 Å². The van der Waals surface area contributed by atoms with Crippen molar-refractivity contribution in [3.8, 4) is 16.8 Å². The number of para-hydroxylation sites is 1. The van der Waals surface area contributed by atoms with Crippen molar-refractivity contribution in [3.63, 3.8) is 0 Å². The summed E-state index contributed by atoms with van der Waals surface area (Å²) in [6.07, 6.45) is 2.71. The molecule has 3 aromatic carbocycles. The van der Waals surface area contributed by atoms with Crippen LogP contribution >= 0.6 is 11.6 Å². The van der Waals surface area contributed by atoms with E-state index < -0.39 is 15.9 Å². The van der Waals surface area contributed by atoms with Gasteiger partial charge in [-0.25, -0.2) is 18.4 Å². The topological polar surface area (TPSA) is 133 Å². The number of rotatable bonds is 6. The van der Waals surface area contributed by atoms with Crippen LogP contribution in [0.4, 0.5) is 11.8 Å². The molecule has 1 atom stereocenters. The summed E-state index contributed by atoms with van der Waals surface area (Å²) < 4.78 is 25.3. The molecule has 0 radical (unpaired) electrons. The van der Waals surface area contributed by atoms with Crippen LogP contribution in [-0.2, 0) is 9.84 Å². The molecule has 2 heterocycles. The quantitative estimate of drug-likeness (QED) is 0.314. The van der Waals surface area contributed by atoms with E-state index in [1.807, 2.05) is 37.3 Å². The molecule has 0 aliphatic heterocycles. The van der Waals surface area contributed by atoms with Crippen molar-refractivity contribution >= 4 is 44.1 Å². The fourth-order valence-electron chi connectivity index (χ4n) is 4.19. The number of hydrogen-bond donors (Lipinski definition) is 2. The highest BCUT2D eigenvalue weighted by molar-refractivity contribution is 7.90. The summed E-state index contributed by atoms with van der Waals surface area (Å²) in [6, 6.07) is 20.2. The Morgan fingerprint density at radius 3 is 2.37 bits per heavy atom. The van der Waals surface area contributed by atoms with Gasteiger partial charge in [0, 0.05) is 18.0 Å². The highest BCUT2D eigenvalue weighted by Crippen LogP contribution is 2.31. The zero-order chi connectivity index (χ0) is 27.0. The van der Waals surface area contributed by atoms with Crippen LogP contribution in [0.2, 0.25) is 5.02 Å². The van der Waals surface area contributed by atoms with Crippen molar-refractivity contribution in [1.29, 1.82) is 0 Å². The molecule has 5 rings (SSSR count). The Kier molecular flexibility index (Phi) is 6.60. The molecule has 0 fully saturated rings. The molecule has 5 aromatic rings. The summed E-state index contributed by atoms with van der Waals surface area (Å²) >= 11 is 6.39. The lowest BCUT2D eigenvalue weighted by atomic mass is 10.1. The standard InChI is InChI=1S/C27H23ClN6O3S/c1-16(31-24-20(15-30-27(29)33-24)17-11-13-19(14-12-17)38(2,36)37)25-32-22-10-6-9-21(28)23(22)26(35)34(25)18-7-4-3-5-8-18/h3-16H,1-2H3,(H3,29,30,31,33)/t16-/m1/s1. The molecular weight excluding hydrogens is 524 g/mol. The predicted octanol–water partition coefficient (Wildman–Crippen LogP) is 4.65. The van der Waals surface area contributed by atoms with Crippen LogP contribution in [0, 0.1) is 0 Å². The van der Waals surface area contributed by atoms with Gasteiger partial charge in [-0.3, -0.25) is 9.36 Å². The molecule has 0 saturated heterocycles. The van der Waals surface area contributed by atoms with Gasteiger partial charge in [-0.15, -0.1) is 0 Å². The molecule has 38 heavy (non-hydrogen) atoms. The van der Waals surface area contributed by atoms with Gasteiger partial charge in [0.25, 0.3) is 5.56 Å². The van der Waals surface area contributed by atoms with E-state index in [4.69, 9.17) is 22.3 Å². The van der Waals surface area contributed by atoms with Crippen LogP contribution in [0.5, 0.6) is 0 Å². The third kappa shape index (κ3) is 4.83. The SMILES string of the molecule is C[C@@H](Nc1nc(N)ncc1-c1ccc(S(C)(=O)=O)cc1)c1nc2cccc(Cl)c2c(=O)n1-c1ccccc1. The number of nitrogens with two attached hydrogens (primary N) is 1. The van der Waals surface area contributed by atoms with Crippen molar-refractivity contribution < 1.29 is 8.42 Å². The number of nitrogen functional groups attached to an aromatic ring is 1. The average Bonchev–Trinajstić information content (AvgIpc) is 2.88. The van der Waals surface area contributed by atoms with Crippen molar-refractivity contribution in [3.05, 3.63) is 100 Å². The minimum absolute atomic E-state index is 0.0508. The third-order valence-electron chi connectivity index (χ3n) is 6.03. The molecule has 0 bridgehead atoms. The molecule has 0 amide bonds. The Labute approximate surface area is 223 Å². The smallest absolute Gasteiger partial charge is 0.267 e. The van der Waals surface area contributed by atoms with Crippen molar-refractivity contribution in [2.24, 2.45) is 0 Å². The monoisotopic (exact) mass is 546 g/mol. The second-order valence-corrected chi connectivity index (χ2v) is 11.2. The van der Waals surface area contributed by atoms with Gasteiger partial charge in [-0.2, -0.15) is 4.98 Å². The fourth-order valence-corrected chi connectivity index (χ4v) is 5.07. The summed E-state index contributed by atoms with van der Waals surface area (Å²) in [5.41, 5.74) is 8.00. The minimum atomic E-state index is -3.35. The number of hydrogen-bond acceptors (Lipinski definition) is 8. The summed E-state index contributed by atoms with van der Waals surface area (Å²) in [5, 5.41) is 3.97. The van der Waals surface area contributed by atoms with E-state index >= 15 is 0 Å². The van der Waals surface area contributed by atoms with E-state index in [1.54, 1.807) is 36.5 Å². The zero-order valence-electron chi connectivity index (χ0n) is 20.5. The molecule has 0 unspecified atom stereocenters. The molecule has 3 N–H and O–H groups in total. The second kappa shape index (κ2) is 9.88. The van der Waals surface area contributed by atoms with Crippen LogP contribution in [0.1, 0.15) is 18.8 Å². The molecule has 0 aliphatic carbocycles. The number of aromatic nitrogens is 4. The predicted molar refractivity (Wildman–Crippen MR) is 149 cm³/mol. The molecule has 9 nitrogen and oxygen atoms in total. The number of nitrogens with one attached hydrogen (secondary N) is 1. The highest BCUT2D eigenvalue weighted by Gasteiger charge is 2.21. The van der Waals surface area contributed by atoms with Gasteiger partial charge in [-0.05, 0) is 48.9 Å². The van der Waals surface area contributed by atoms with Crippen molar-refractivity contribution in [2.75, 3.05) is 17.3 Å². The van der Waals surface area contributed by atoms with E-state index in [1.165, 1.54) is 16.7 Å². The van der Waals surface area contributed by atoms with Crippen LogP contribution in [0.25, 0.3) is 27.7 Å². The highest BCUT2D eigenvalue weighted by atomic mass is 35.5. The molecule has 2 aromatic heterocycles. The Morgan fingerprint density at radius 1 is 0.974 bits per heavy atom. The third-order valence-corrected chi connectivity index (χ3v) is 7.47. The maximum absolute atomic E-state index is 13.7. The second-order valence-electron chi connectivity index (χ2n) is 8.73. The maximum Gasteiger partial charge on any atom is 0.267 e. The van der Waals surface area contributed by atoms with E-state index in [2.05, 4.69) is 15.3 Å². The summed E-state index contributed by atoms with van der Waals surface area (Å²) in [6.45, 7) is 1.85. The lowest BCUT2D eigenvalue weighted by Crippen LogP contribution is -2.27. The average molecular weight is 547 g/mol.